The molecular formula is C24H29Cl2N3O6. The first-order valence-corrected chi connectivity index (χ1v) is 11.9. The summed E-state index contributed by atoms with van der Waals surface area (Å²) < 4.78 is 22.2. The van der Waals surface area contributed by atoms with Crippen molar-refractivity contribution in [1.82, 2.24) is 0 Å². The number of hydrogen-bond donors (Lipinski definition) is 1. The van der Waals surface area contributed by atoms with Crippen molar-refractivity contribution in [2.45, 2.75) is 40.7 Å². The van der Waals surface area contributed by atoms with E-state index in [9.17, 15) is 9.59 Å². The van der Waals surface area contributed by atoms with Crippen molar-refractivity contribution in [3.8, 4) is 23.0 Å². The Bertz CT molecular complexity index is 1080. The molecule has 0 spiro atoms. The van der Waals surface area contributed by atoms with Crippen LogP contribution in [0.25, 0.3) is 0 Å². The van der Waals surface area contributed by atoms with Gasteiger partial charge in [0.05, 0.1) is 42.2 Å². The molecule has 0 fully saturated rings. The highest BCUT2D eigenvalue weighted by molar-refractivity contribution is 6.33. The molecule has 0 aliphatic carbocycles. The van der Waals surface area contributed by atoms with Crippen molar-refractivity contribution in [2.24, 2.45) is 10.2 Å². The van der Waals surface area contributed by atoms with E-state index in [0.717, 1.165) is 0 Å². The second kappa shape index (κ2) is 13.7. The van der Waals surface area contributed by atoms with Gasteiger partial charge in [-0.1, -0.05) is 23.2 Å². The van der Waals surface area contributed by atoms with Crippen molar-refractivity contribution in [1.29, 1.82) is 0 Å². The average molecular weight is 526 g/mol. The fourth-order valence-corrected chi connectivity index (χ4v) is 3.36. The van der Waals surface area contributed by atoms with Crippen molar-refractivity contribution in [3.63, 3.8) is 0 Å². The van der Waals surface area contributed by atoms with Gasteiger partial charge in [-0.25, -0.2) is 0 Å². The number of carbonyl (C=O) groups excluding carboxylic acids is 2. The second-order valence-electron chi connectivity index (χ2n) is 6.98. The number of benzene rings is 2. The molecule has 0 aromatic heterocycles. The highest BCUT2D eigenvalue weighted by Crippen LogP contribution is 2.39. The highest BCUT2D eigenvalue weighted by Gasteiger charge is 2.25. The zero-order valence-corrected chi connectivity index (χ0v) is 21.8. The first-order chi connectivity index (χ1) is 16.7. The Balaban J connectivity index is 2.34. The molecule has 0 radical (unpaired) electrons. The van der Waals surface area contributed by atoms with Crippen LogP contribution in [0.2, 0.25) is 10.0 Å². The number of nitrogens with one attached hydrogen (secondary N) is 1. The number of amides is 1. The molecule has 0 heterocycles. The smallest absolute Gasteiger partial charge is 0.258 e. The molecule has 1 atom stereocenters. The molecule has 0 aliphatic heterocycles. The molecule has 35 heavy (non-hydrogen) atoms. The van der Waals surface area contributed by atoms with Crippen LogP contribution in [-0.4, -0.2) is 44.2 Å². The van der Waals surface area contributed by atoms with E-state index in [4.69, 9.17) is 42.1 Å². The summed E-state index contributed by atoms with van der Waals surface area (Å²) in [6, 6.07) is 4.71. The van der Waals surface area contributed by atoms with E-state index in [0.29, 0.717) is 49.4 Å². The SMILES string of the molecule is CCOc1cc(OCC)c(NC(=O)C(N=Nc2cc(OCC)c(OCC)cc2Cl)C(C)=O)cc1Cl. The van der Waals surface area contributed by atoms with E-state index in [-0.39, 0.29) is 21.4 Å². The van der Waals surface area contributed by atoms with Crippen LogP contribution in [0.3, 0.4) is 0 Å². The van der Waals surface area contributed by atoms with E-state index in [2.05, 4.69) is 15.5 Å². The van der Waals surface area contributed by atoms with Crippen LogP contribution in [0.15, 0.2) is 34.5 Å². The van der Waals surface area contributed by atoms with Crippen LogP contribution in [-0.2, 0) is 9.59 Å². The Morgan fingerprint density at radius 2 is 1.34 bits per heavy atom. The largest absolute Gasteiger partial charge is 0.492 e. The number of ether oxygens (including phenoxy) is 4. The Morgan fingerprint density at radius 1 is 0.800 bits per heavy atom. The number of hydrogen-bond acceptors (Lipinski definition) is 8. The fraction of sp³-hybridized carbons (Fsp3) is 0.417. The predicted molar refractivity (Wildman–Crippen MR) is 135 cm³/mol. The minimum absolute atomic E-state index is 0.219. The Kier molecular flexibility index (Phi) is 11.1. The number of nitrogens with zero attached hydrogens (tertiary/aromatic N) is 2. The number of rotatable bonds is 13. The molecule has 9 nitrogen and oxygen atoms in total. The molecule has 11 heteroatoms. The molecule has 1 amide bonds. The van der Waals surface area contributed by atoms with E-state index >= 15 is 0 Å². The van der Waals surface area contributed by atoms with Gasteiger partial charge in [0.2, 0.25) is 6.04 Å². The summed E-state index contributed by atoms with van der Waals surface area (Å²) in [6.07, 6.45) is 0. The minimum atomic E-state index is -1.44. The summed E-state index contributed by atoms with van der Waals surface area (Å²) in [5.74, 6) is 0.386. The number of halogens is 2. The van der Waals surface area contributed by atoms with Gasteiger partial charge < -0.3 is 24.3 Å². The number of anilines is 1. The first-order valence-electron chi connectivity index (χ1n) is 11.2. The van der Waals surface area contributed by atoms with Gasteiger partial charge >= 0.3 is 0 Å². The van der Waals surface area contributed by atoms with E-state index in [1.807, 2.05) is 20.8 Å². The van der Waals surface area contributed by atoms with Gasteiger partial charge in [0.25, 0.3) is 5.91 Å². The molecule has 0 saturated heterocycles. The number of azo groups is 1. The highest BCUT2D eigenvalue weighted by atomic mass is 35.5. The second-order valence-corrected chi connectivity index (χ2v) is 7.79. The third kappa shape index (κ3) is 7.73. The van der Waals surface area contributed by atoms with Gasteiger partial charge in [-0.3, -0.25) is 9.59 Å². The zero-order valence-electron chi connectivity index (χ0n) is 20.3. The van der Waals surface area contributed by atoms with Gasteiger partial charge in [0, 0.05) is 18.2 Å². The Hall–Kier alpha value is -3.04. The lowest BCUT2D eigenvalue weighted by molar-refractivity contribution is -0.126. The average Bonchev–Trinajstić information content (AvgIpc) is 2.79. The van der Waals surface area contributed by atoms with Crippen LogP contribution >= 0.6 is 23.2 Å². The minimum Gasteiger partial charge on any atom is -0.492 e. The maximum Gasteiger partial charge on any atom is 0.258 e. The lowest BCUT2D eigenvalue weighted by Crippen LogP contribution is -2.32. The topological polar surface area (TPSA) is 108 Å². The lowest BCUT2D eigenvalue weighted by atomic mass is 10.2. The third-order valence-electron chi connectivity index (χ3n) is 4.42. The van der Waals surface area contributed by atoms with Crippen LogP contribution in [0.1, 0.15) is 34.6 Å². The molecule has 1 unspecified atom stereocenters. The monoisotopic (exact) mass is 525 g/mol. The molecule has 190 valence electrons. The molecule has 1 N–H and O–H groups in total. The van der Waals surface area contributed by atoms with E-state index in [1.165, 1.54) is 19.1 Å². The van der Waals surface area contributed by atoms with Crippen molar-refractivity contribution >= 4 is 46.3 Å². The fourth-order valence-electron chi connectivity index (χ4n) is 2.95. The normalized spacial score (nSPS) is 11.7. The first kappa shape index (κ1) is 28.2. The van der Waals surface area contributed by atoms with Crippen molar-refractivity contribution in [3.05, 3.63) is 34.3 Å². The third-order valence-corrected chi connectivity index (χ3v) is 5.02. The Morgan fingerprint density at radius 3 is 1.91 bits per heavy atom. The van der Waals surface area contributed by atoms with Gasteiger partial charge in [-0.2, -0.15) is 10.2 Å². The molecule has 0 saturated carbocycles. The van der Waals surface area contributed by atoms with Gasteiger partial charge in [-0.05, 0) is 40.7 Å². The number of Topliss-reactive ketones (excluding diaryl/α,β-unsaturated/α-hetero) is 1. The van der Waals surface area contributed by atoms with Crippen molar-refractivity contribution < 1.29 is 28.5 Å². The zero-order chi connectivity index (χ0) is 26.0. The molecule has 2 aromatic carbocycles. The van der Waals surface area contributed by atoms with Crippen molar-refractivity contribution in [2.75, 3.05) is 31.7 Å². The maximum atomic E-state index is 13.0. The van der Waals surface area contributed by atoms with Crippen LogP contribution < -0.4 is 24.3 Å². The summed E-state index contributed by atoms with van der Waals surface area (Å²) in [6.45, 7) is 10.1. The molecule has 0 bridgehead atoms. The number of carbonyl (C=O) groups is 2. The van der Waals surface area contributed by atoms with Crippen LogP contribution in [0.5, 0.6) is 23.0 Å². The molecule has 2 rings (SSSR count). The van der Waals surface area contributed by atoms with Crippen LogP contribution in [0.4, 0.5) is 11.4 Å². The summed E-state index contributed by atoms with van der Waals surface area (Å²) in [7, 11) is 0. The van der Waals surface area contributed by atoms with Crippen LogP contribution in [0, 0.1) is 0 Å². The summed E-state index contributed by atoms with van der Waals surface area (Å²) in [5.41, 5.74) is 0.487. The number of ketones is 1. The van der Waals surface area contributed by atoms with E-state index < -0.39 is 17.7 Å². The summed E-state index contributed by atoms with van der Waals surface area (Å²) >= 11 is 12.6. The van der Waals surface area contributed by atoms with Gasteiger partial charge in [-0.15, -0.1) is 0 Å². The summed E-state index contributed by atoms with van der Waals surface area (Å²) in [5, 5.41) is 11.1. The lowest BCUT2D eigenvalue weighted by Gasteiger charge is -2.16. The molecule has 2 aromatic rings. The van der Waals surface area contributed by atoms with Gasteiger partial charge in [0.1, 0.15) is 17.2 Å². The van der Waals surface area contributed by atoms with E-state index in [1.54, 1.807) is 19.1 Å². The molecule has 0 aliphatic rings. The molecular weight excluding hydrogens is 497 g/mol. The standard InChI is InChI=1S/C24H29Cl2N3O6/c1-6-32-19-13-20(33-7-2)18(10-16(19)26)27-24(31)23(14(5)30)29-28-17-12-22(35-9-4)21(34-8-3)11-15(17)25/h10-13,23H,6-9H2,1-5H3,(H,27,31). The Labute approximate surface area is 214 Å². The quantitative estimate of drug-likeness (QED) is 0.244. The predicted octanol–water partition coefficient (Wildman–Crippen LogP) is 6.27. The van der Waals surface area contributed by atoms with Gasteiger partial charge in [0.15, 0.2) is 17.3 Å². The summed E-state index contributed by atoms with van der Waals surface area (Å²) in [4.78, 5) is 25.2. The maximum absolute atomic E-state index is 13.0.